The smallest absolute Gasteiger partial charge is 0.450 e. The molecule has 0 atom stereocenters. The monoisotopic (exact) mass is 497 g/mol. The molecule has 156 valence electrons. The van der Waals surface area contributed by atoms with E-state index in [2.05, 4.69) is 0 Å². The van der Waals surface area contributed by atoms with Crippen LogP contribution in [0.4, 0.5) is 19.2 Å². The fraction of sp³-hybridized carbons (Fsp3) is 0. The quantitative estimate of drug-likeness (QED) is 0.207. The molecule has 0 amide bonds. The van der Waals surface area contributed by atoms with Gasteiger partial charge in [0.05, 0.1) is 0 Å². The summed E-state index contributed by atoms with van der Waals surface area (Å²) in [7, 11) is 0. The molecule has 0 heterocycles. The van der Waals surface area contributed by atoms with Crippen molar-refractivity contribution in [3.05, 3.63) is 0 Å². The Labute approximate surface area is 167 Å². The van der Waals surface area contributed by atoms with E-state index >= 15 is 0 Å². The number of hydrogen-bond donors (Lipinski definition) is 14. The van der Waals surface area contributed by atoms with Gasteiger partial charge in [-0.1, -0.05) is 0 Å². The second-order valence-electron chi connectivity index (χ2n) is 1.13. The molecule has 25 heavy (non-hydrogen) atoms. The van der Waals surface area contributed by atoms with E-state index in [4.69, 9.17) is 60.0 Å². The van der Waals surface area contributed by atoms with E-state index in [0.29, 0.717) is 0 Å². The first-order valence-electron chi connectivity index (χ1n) is 2.61. The molecule has 0 aliphatic heterocycles. The van der Waals surface area contributed by atoms with Crippen molar-refractivity contribution in [3.63, 3.8) is 0 Å². The van der Waals surface area contributed by atoms with Gasteiger partial charge in [-0.15, -0.1) is 0 Å². The minimum atomic E-state index is -1.83. The Morgan fingerprint density at radius 2 is 0.400 bits per heavy atom. The minimum Gasteiger partial charge on any atom is -0.450 e. The molecule has 0 radical (unpaired) electrons. The fourth-order valence-electron chi connectivity index (χ4n) is 0. The summed E-state index contributed by atoms with van der Waals surface area (Å²) in [6, 6.07) is 0. The zero-order chi connectivity index (χ0) is 14.3. The molecule has 0 saturated carbocycles. The molecule has 28 N–H and O–H groups in total. The van der Waals surface area contributed by atoms with Crippen molar-refractivity contribution < 1.29 is 106 Å². The van der Waals surface area contributed by atoms with Gasteiger partial charge in [0.2, 0.25) is 0 Å². The summed E-state index contributed by atoms with van der Waals surface area (Å²) in [5, 5.41) is 55.8. The molecule has 0 fully saturated rings. The fourth-order valence-corrected chi connectivity index (χ4v) is 0. The van der Waals surface area contributed by atoms with Crippen molar-refractivity contribution in [2.45, 2.75) is 0 Å². The van der Waals surface area contributed by atoms with Crippen molar-refractivity contribution in [2.24, 2.45) is 0 Å². The first kappa shape index (κ1) is 111. The molecule has 19 nitrogen and oxygen atoms in total. The predicted octanol–water partition coefficient (Wildman–Crippen LogP) is 1.14. The average Bonchev–Trinajstić information content (AvgIpc) is 1.76. The molecule has 0 unspecified atom stereocenters. The Hall–Kier alpha value is -1.95. The van der Waals surface area contributed by atoms with Gasteiger partial charge >= 0.3 is 26.0 Å². The Balaban J connectivity index is -0.00000000545. The van der Waals surface area contributed by atoms with Crippen molar-refractivity contribution in [1.82, 2.24) is 36.9 Å². The normalized spacial score (nSPS) is 3.84. The van der Waals surface area contributed by atoms with Crippen LogP contribution in [0.5, 0.6) is 0 Å². The molecule has 0 bridgehead atoms. The Bertz CT molecular complexity index is 189. The summed E-state index contributed by atoms with van der Waals surface area (Å²) in [5.74, 6) is 0. The van der Waals surface area contributed by atoms with Crippen LogP contribution < -0.4 is 36.9 Å². The topological polar surface area (TPSA) is 472 Å². The van der Waals surface area contributed by atoms with E-state index in [1.807, 2.05) is 0 Å². The van der Waals surface area contributed by atoms with Gasteiger partial charge in [-0.2, -0.15) is 0 Å². The largest absolute Gasteiger partial charge is 1.00 e. The zero-order valence-corrected chi connectivity index (χ0v) is 19.3. The molecule has 21 heteroatoms. The van der Waals surface area contributed by atoms with Crippen LogP contribution in [0.25, 0.3) is 0 Å². The van der Waals surface area contributed by atoms with E-state index in [0.717, 1.165) is 0 Å². The number of rotatable bonds is 0. The van der Waals surface area contributed by atoms with Crippen LogP contribution in [-0.2, 0) is 39.0 Å². The zero-order valence-electron chi connectivity index (χ0n) is 14.4. The summed E-state index contributed by atoms with van der Waals surface area (Å²) >= 11 is 0. The maximum Gasteiger partial charge on any atom is 1.00 e. The maximum absolute atomic E-state index is 8.56. The number of carbonyl (C=O) groups is 4. The van der Waals surface area contributed by atoms with Crippen LogP contribution in [0.3, 0.4) is 0 Å². The van der Waals surface area contributed by atoms with Crippen LogP contribution in [0.1, 0.15) is 1.43 Å². The molecular weight excluding hydrogens is 471 g/mol. The van der Waals surface area contributed by atoms with Crippen molar-refractivity contribution in [3.8, 4) is 0 Å². The molecule has 0 spiro atoms. The van der Waals surface area contributed by atoms with Crippen molar-refractivity contribution in [2.75, 3.05) is 0 Å². The Morgan fingerprint density at radius 3 is 0.400 bits per heavy atom. The van der Waals surface area contributed by atoms with E-state index in [9.17, 15) is 0 Å². The Morgan fingerprint density at radius 1 is 0.400 bits per heavy atom. The van der Waals surface area contributed by atoms with Crippen LogP contribution >= 0.6 is 0 Å². The third kappa shape index (κ3) is 2320. The van der Waals surface area contributed by atoms with Crippen LogP contribution in [0, 0.1) is 0 Å². The minimum absolute atomic E-state index is 0. The van der Waals surface area contributed by atoms with Gasteiger partial charge in [-0.3, -0.25) is 0 Å². The van der Waals surface area contributed by atoms with E-state index in [1.54, 1.807) is 0 Å². The van der Waals surface area contributed by atoms with Gasteiger partial charge in [0.1, 0.15) is 0 Å². The van der Waals surface area contributed by atoms with Crippen molar-refractivity contribution in [1.29, 1.82) is 0 Å². The Kier molecular flexibility index (Phi) is 430. The third-order valence-electron chi connectivity index (χ3n) is 0. The van der Waals surface area contributed by atoms with Crippen molar-refractivity contribution >= 4 is 24.6 Å². The first-order valence-corrected chi connectivity index (χ1v) is 2.61. The van der Waals surface area contributed by atoms with Gasteiger partial charge in [0.25, 0.3) is 0 Å². The second kappa shape index (κ2) is 96.8. The second-order valence-corrected chi connectivity index (χ2v) is 1.13. The summed E-state index contributed by atoms with van der Waals surface area (Å²) < 4.78 is 0. The first-order chi connectivity index (χ1) is 6.93. The molecule has 0 aromatic carbocycles. The van der Waals surface area contributed by atoms with Crippen LogP contribution in [0.15, 0.2) is 0 Å². The number of hydrogen-bond acceptors (Lipinski definition) is 10. The maximum atomic E-state index is 8.56. The summed E-state index contributed by atoms with van der Waals surface area (Å²) in [5.41, 5.74) is 0. The molecule has 0 rings (SSSR count). The standard InChI is InChI=1S/4CH2O3.6H3N.H2O.2Zn/c4*2-1(3)4;;;;;;;;;/h4*(H2,2,3,4);6*1H3;1H2;;/p+1. The number of carboxylic acid groups (broad SMARTS) is 8. The van der Waals surface area contributed by atoms with E-state index < -0.39 is 24.6 Å². The molecule has 0 aliphatic rings. The molecule has 0 aromatic heterocycles. The average molecular weight is 500 g/mol. The van der Waals surface area contributed by atoms with Gasteiger partial charge < -0.3 is 83.2 Å². The molecule has 0 saturated heterocycles. The van der Waals surface area contributed by atoms with E-state index in [1.165, 1.54) is 0 Å². The molecule has 0 aliphatic carbocycles. The van der Waals surface area contributed by atoms with E-state index in [-0.39, 0.29) is 82.8 Å². The SMILES string of the molecule is N.N.N.N.N.N.O.O=C(O)O.O=C(O)O.O=C(O)O.O=C(O)O.[H+].[Zn].[Zn]. The molecular formula is C4H29N6O13Zn2+. The van der Waals surface area contributed by atoms with Crippen LogP contribution in [-0.4, -0.2) is 70.9 Å². The van der Waals surface area contributed by atoms with Gasteiger partial charge in [-0.25, -0.2) is 19.2 Å². The van der Waals surface area contributed by atoms with Gasteiger partial charge in [0, 0.05) is 39.0 Å². The van der Waals surface area contributed by atoms with Crippen LogP contribution in [0.2, 0.25) is 0 Å². The molecule has 0 aromatic rings. The summed E-state index contributed by atoms with van der Waals surface area (Å²) in [6.07, 6.45) is -7.33. The predicted molar refractivity (Wildman–Crippen MR) is 77.5 cm³/mol. The summed E-state index contributed by atoms with van der Waals surface area (Å²) in [4.78, 5) is 34.2. The van der Waals surface area contributed by atoms with Gasteiger partial charge in [-0.05, 0) is 0 Å². The van der Waals surface area contributed by atoms with Gasteiger partial charge in [0.15, 0.2) is 0 Å². The summed E-state index contributed by atoms with van der Waals surface area (Å²) in [6.45, 7) is 0. The third-order valence-corrected chi connectivity index (χ3v) is 0.